The Morgan fingerprint density at radius 1 is 1.29 bits per heavy atom. The zero-order valence-corrected chi connectivity index (χ0v) is 10.9. The van der Waals surface area contributed by atoms with E-state index in [1.807, 2.05) is 6.08 Å². The van der Waals surface area contributed by atoms with Gasteiger partial charge in [-0.3, -0.25) is 0 Å². The molecule has 0 spiro atoms. The van der Waals surface area contributed by atoms with E-state index >= 15 is 0 Å². The van der Waals surface area contributed by atoms with Crippen molar-refractivity contribution in [3.63, 3.8) is 0 Å². The molecule has 0 aliphatic heterocycles. The molecule has 1 N–H and O–H groups in total. The fourth-order valence-corrected chi connectivity index (χ4v) is 3.28. The number of carboxylic acids is 1. The molecule has 0 radical (unpaired) electrons. The predicted octanol–water partition coefficient (Wildman–Crippen LogP) is 3.65. The zero-order chi connectivity index (χ0) is 12.6. The van der Waals surface area contributed by atoms with Gasteiger partial charge in [0.25, 0.3) is 0 Å². The number of allylic oxidation sites excluding steroid dienone is 3. The van der Waals surface area contributed by atoms with E-state index in [4.69, 9.17) is 0 Å². The van der Waals surface area contributed by atoms with E-state index in [-0.39, 0.29) is 5.92 Å². The number of carbonyl (C=O) groups is 1. The lowest BCUT2D eigenvalue weighted by atomic mass is 9.79. The van der Waals surface area contributed by atoms with Crippen LogP contribution in [0.1, 0.15) is 40.0 Å². The first-order valence-corrected chi connectivity index (χ1v) is 6.60. The van der Waals surface area contributed by atoms with Gasteiger partial charge in [-0.2, -0.15) is 0 Å². The molecule has 2 rings (SSSR count). The van der Waals surface area contributed by atoms with E-state index in [1.165, 1.54) is 5.57 Å². The van der Waals surface area contributed by atoms with Gasteiger partial charge < -0.3 is 5.11 Å². The molecule has 0 aromatic heterocycles. The maximum Gasteiger partial charge on any atom is 0.331 e. The predicted molar refractivity (Wildman–Crippen MR) is 68.6 cm³/mol. The normalized spacial score (nSPS) is 32.8. The minimum Gasteiger partial charge on any atom is -0.478 e. The molecule has 0 aromatic rings. The van der Waals surface area contributed by atoms with Crippen molar-refractivity contribution < 1.29 is 9.90 Å². The van der Waals surface area contributed by atoms with Crippen molar-refractivity contribution in [3.05, 3.63) is 23.3 Å². The summed E-state index contributed by atoms with van der Waals surface area (Å²) in [4.78, 5) is 11.3. The van der Waals surface area contributed by atoms with E-state index in [1.54, 1.807) is 0 Å². The fourth-order valence-electron chi connectivity index (χ4n) is 3.28. The van der Waals surface area contributed by atoms with Crippen LogP contribution in [0.5, 0.6) is 0 Å². The van der Waals surface area contributed by atoms with Gasteiger partial charge in [0.15, 0.2) is 0 Å². The average molecular weight is 234 g/mol. The SMILES string of the molecule is CC1=CC[C@@H]2C(C(=O)O)=CC[C@H](C(C)C)C[C@@H]12. The standard InChI is InChI=1S/C15H22O2/c1-9(2)11-5-7-13(15(16)17)12-6-4-10(3)14(12)8-11/h4,7,9,11-12,14H,5-6,8H2,1-3H3,(H,16,17)/t11-,12+,14-/m0/s1. The van der Waals surface area contributed by atoms with Crippen LogP contribution in [0.3, 0.4) is 0 Å². The van der Waals surface area contributed by atoms with E-state index in [9.17, 15) is 9.90 Å². The Bertz CT molecular complexity index is 376. The summed E-state index contributed by atoms with van der Waals surface area (Å²) in [5.74, 6) is 1.24. The molecule has 3 atom stereocenters. The first kappa shape index (κ1) is 12.4. The maximum atomic E-state index is 11.3. The lowest BCUT2D eigenvalue weighted by Gasteiger charge is -2.25. The molecular weight excluding hydrogens is 212 g/mol. The summed E-state index contributed by atoms with van der Waals surface area (Å²) in [5, 5.41) is 9.33. The van der Waals surface area contributed by atoms with Crippen molar-refractivity contribution in [1.29, 1.82) is 0 Å². The highest BCUT2D eigenvalue weighted by Crippen LogP contribution is 2.44. The Balaban J connectivity index is 2.29. The van der Waals surface area contributed by atoms with Crippen molar-refractivity contribution in [2.75, 3.05) is 0 Å². The van der Waals surface area contributed by atoms with Gasteiger partial charge >= 0.3 is 5.97 Å². The minimum atomic E-state index is -0.715. The topological polar surface area (TPSA) is 37.3 Å². The average Bonchev–Trinajstić information content (AvgIpc) is 2.51. The Kier molecular flexibility index (Phi) is 3.41. The second-order valence-corrected chi connectivity index (χ2v) is 5.84. The van der Waals surface area contributed by atoms with Gasteiger partial charge in [-0.1, -0.05) is 31.6 Å². The molecule has 2 aliphatic carbocycles. The molecule has 0 saturated heterocycles. The summed E-state index contributed by atoms with van der Waals surface area (Å²) in [5.41, 5.74) is 2.06. The molecule has 2 aliphatic rings. The summed E-state index contributed by atoms with van der Waals surface area (Å²) in [6.07, 6.45) is 7.22. The van der Waals surface area contributed by atoms with Crippen molar-refractivity contribution in [1.82, 2.24) is 0 Å². The van der Waals surface area contributed by atoms with Crippen LogP contribution in [0.4, 0.5) is 0 Å². The van der Waals surface area contributed by atoms with E-state index in [0.717, 1.165) is 19.3 Å². The highest BCUT2D eigenvalue weighted by Gasteiger charge is 2.37. The number of rotatable bonds is 2. The van der Waals surface area contributed by atoms with Crippen LogP contribution in [-0.4, -0.2) is 11.1 Å². The van der Waals surface area contributed by atoms with Crippen molar-refractivity contribution >= 4 is 5.97 Å². The Morgan fingerprint density at radius 3 is 2.59 bits per heavy atom. The van der Waals surface area contributed by atoms with Crippen LogP contribution in [-0.2, 0) is 4.79 Å². The fraction of sp³-hybridized carbons (Fsp3) is 0.667. The maximum absolute atomic E-state index is 11.3. The third-order valence-corrected chi connectivity index (χ3v) is 4.55. The summed E-state index contributed by atoms with van der Waals surface area (Å²) >= 11 is 0. The molecule has 0 saturated carbocycles. The third kappa shape index (κ3) is 2.31. The van der Waals surface area contributed by atoms with Crippen LogP contribution in [0.25, 0.3) is 0 Å². The van der Waals surface area contributed by atoms with Crippen LogP contribution in [0, 0.1) is 23.7 Å². The van der Waals surface area contributed by atoms with E-state index < -0.39 is 5.97 Å². The van der Waals surface area contributed by atoms with Crippen molar-refractivity contribution in [2.24, 2.45) is 23.7 Å². The smallest absolute Gasteiger partial charge is 0.331 e. The molecule has 0 bridgehead atoms. The molecule has 0 unspecified atom stereocenters. The Morgan fingerprint density at radius 2 is 2.00 bits per heavy atom. The van der Waals surface area contributed by atoms with Gasteiger partial charge in [-0.25, -0.2) is 4.79 Å². The third-order valence-electron chi connectivity index (χ3n) is 4.55. The van der Waals surface area contributed by atoms with E-state index in [0.29, 0.717) is 23.3 Å². The lowest BCUT2D eigenvalue weighted by molar-refractivity contribution is -0.133. The largest absolute Gasteiger partial charge is 0.478 e. The Hall–Kier alpha value is -1.05. The van der Waals surface area contributed by atoms with Gasteiger partial charge in [0.1, 0.15) is 0 Å². The van der Waals surface area contributed by atoms with Crippen LogP contribution >= 0.6 is 0 Å². The van der Waals surface area contributed by atoms with Gasteiger partial charge in [0.05, 0.1) is 0 Å². The zero-order valence-electron chi connectivity index (χ0n) is 10.9. The monoisotopic (exact) mass is 234 g/mol. The molecule has 0 heterocycles. The molecule has 2 heteroatoms. The van der Waals surface area contributed by atoms with Gasteiger partial charge in [0, 0.05) is 11.5 Å². The molecule has 17 heavy (non-hydrogen) atoms. The Labute approximate surface area is 103 Å². The number of hydrogen-bond acceptors (Lipinski definition) is 1. The number of carboxylic acid groups (broad SMARTS) is 1. The number of hydrogen-bond donors (Lipinski definition) is 1. The molecule has 0 aromatic carbocycles. The molecular formula is C15H22O2. The van der Waals surface area contributed by atoms with Crippen LogP contribution < -0.4 is 0 Å². The van der Waals surface area contributed by atoms with Gasteiger partial charge in [0.2, 0.25) is 0 Å². The van der Waals surface area contributed by atoms with Crippen molar-refractivity contribution in [3.8, 4) is 0 Å². The summed E-state index contributed by atoms with van der Waals surface area (Å²) in [6, 6.07) is 0. The van der Waals surface area contributed by atoms with Crippen molar-refractivity contribution in [2.45, 2.75) is 40.0 Å². The molecule has 94 valence electrons. The molecule has 0 fully saturated rings. The van der Waals surface area contributed by atoms with E-state index in [2.05, 4.69) is 26.8 Å². The van der Waals surface area contributed by atoms with Crippen LogP contribution in [0.15, 0.2) is 23.3 Å². The molecule has 2 nitrogen and oxygen atoms in total. The first-order valence-electron chi connectivity index (χ1n) is 6.60. The number of aliphatic carboxylic acids is 1. The summed E-state index contributed by atoms with van der Waals surface area (Å²) < 4.78 is 0. The highest BCUT2D eigenvalue weighted by molar-refractivity contribution is 5.87. The van der Waals surface area contributed by atoms with Crippen LogP contribution in [0.2, 0.25) is 0 Å². The number of fused-ring (bicyclic) bond motifs is 1. The van der Waals surface area contributed by atoms with Gasteiger partial charge in [-0.05, 0) is 43.9 Å². The highest BCUT2D eigenvalue weighted by atomic mass is 16.4. The lowest BCUT2D eigenvalue weighted by Crippen LogP contribution is -2.19. The first-order chi connectivity index (χ1) is 8.00. The summed E-state index contributed by atoms with van der Waals surface area (Å²) in [6.45, 7) is 6.65. The summed E-state index contributed by atoms with van der Waals surface area (Å²) in [7, 11) is 0. The minimum absolute atomic E-state index is 0.233. The van der Waals surface area contributed by atoms with Gasteiger partial charge in [-0.15, -0.1) is 0 Å². The molecule has 0 amide bonds. The second-order valence-electron chi connectivity index (χ2n) is 5.84. The second kappa shape index (κ2) is 4.67. The quantitative estimate of drug-likeness (QED) is 0.740.